The molecule has 3 aromatic carbocycles. The Kier molecular flexibility index (Phi) is 7.91. The van der Waals surface area contributed by atoms with Gasteiger partial charge in [-0.25, -0.2) is 13.2 Å². The normalized spacial score (nSPS) is 14.6. The molecule has 0 aromatic heterocycles. The van der Waals surface area contributed by atoms with Gasteiger partial charge in [0.15, 0.2) is 11.6 Å². The van der Waals surface area contributed by atoms with Crippen molar-refractivity contribution in [1.29, 1.82) is 0 Å². The van der Waals surface area contributed by atoms with Crippen LogP contribution in [0.5, 0.6) is 11.5 Å². The van der Waals surface area contributed by atoms with Gasteiger partial charge in [-0.1, -0.05) is 19.9 Å². The maximum absolute atomic E-state index is 12.0. The van der Waals surface area contributed by atoms with E-state index in [1.54, 1.807) is 7.11 Å². The molecule has 0 spiro atoms. The van der Waals surface area contributed by atoms with Crippen LogP contribution in [0.2, 0.25) is 0 Å². The number of aryl methyl sites for hydroxylation is 1. The van der Waals surface area contributed by atoms with Crippen LogP contribution in [-0.4, -0.2) is 19.8 Å². The number of methoxy groups -OCH3 is 1. The number of hydrogen-bond donors (Lipinski definition) is 1. The number of rotatable bonds is 1. The molecule has 4 rings (SSSR count). The lowest BCUT2D eigenvalue weighted by Crippen LogP contribution is -2.33. The SMILES string of the molecule is CC.COc1cc2c3c(ccc2cc1C)OCC(N)C3.Fc1ccc(F)c(F)c1. The van der Waals surface area contributed by atoms with Crippen molar-refractivity contribution in [2.24, 2.45) is 5.73 Å². The van der Waals surface area contributed by atoms with E-state index in [1.807, 2.05) is 19.9 Å². The molecule has 6 heteroatoms. The molecule has 3 nitrogen and oxygen atoms in total. The summed E-state index contributed by atoms with van der Waals surface area (Å²) in [6, 6.07) is 10.5. The first-order valence-electron chi connectivity index (χ1n) is 9.48. The molecule has 2 N–H and O–H groups in total. The van der Waals surface area contributed by atoms with E-state index in [1.165, 1.54) is 16.3 Å². The Morgan fingerprint density at radius 2 is 1.72 bits per heavy atom. The minimum Gasteiger partial charge on any atom is -0.496 e. The summed E-state index contributed by atoms with van der Waals surface area (Å²) in [5, 5.41) is 2.40. The summed E-state index contributed by atoms with van der Waals surface area (Å²) < 4.78 is 46.9. The molecule has 3 aromatic rings. The summed E-state index contributed by atoms with van der Waals surface area (Å²) in [4.78, 5) is 0. The fourth-order valence-electron chi connectivity index (χ4n) is 3.06. The second-order valence-electron chi connectivity index (χ2n) is 6.42. The van der Waals surface area contributed by atoms with E-state index in [9.17, 15) is 13.2 Å². The fraction of sp³-hybridized carbons (Fsp3) is 0.304. The van der Waals surface area contributed by atoms with Crippen LogP contribution >= 0.6 is 0 Å². The minimum absolute atomic E-state index is 0.0791. The molecule has 29 heavy (non-hydrogen) atoms. The summed E-state index contributed by atoms with van der Waals surface area (Å²) in [5.74, 6) is -1.09. The quantitative estimate of drug-likeness (QED) is 0.540. The molecule has 0 fully saturated rings. The molecule has 1 heterocycles. The van der Waals surface area contributed by atoms with Crippen LogP contribution in [0.25, 0.3) is 10.8 Å². The standard InChI is InChI=1S/C15H17NO2.C6H3F3.C2H6/c1-9-5-10-3-4-14-13(6-11(16)8-18-14)12(10)7-15(9)17-2;7-4-1-2-5(8)6(9)3-4;1-2/h3-5,7,11H,6,8,16H2,1-2H3;1-3H;1-2H3. The van der Waals surface area contributed by atoms with Gasteiger partial charge in [0, 0.05) is 17.7 Å². The molecular weight excluding hydrogens is 379 g/mol. The van der Waals surface area contributed by atoms with Gasteiger partial charge in [0.25, 0.3) is 0 Å². The van der Waals surface area contributed by atoms with Gasteiger partial charge in [0.2, 0.25) is 0 Å². The maximum atomic E-state index is 12.0. The number of fused-ring (bicyclic) bond motifs is 3. The van der Waals surface area contributed by atoms with Crippen LogP contribution in [-0.2, 0) is 6.42 Å². The Bertz CT molecular complexity index is 976. The van der Waals surface area contributed by atoms with Crippen LogP contribution in [0, 0.1) is 24.4 Å². The smallest absolute Gasteiger partial charge is 0.161 e. The summed E-state index contributed by atoms with van der Waals surface area (Å²) in [6.07, 6.45) is 0.860. The Balaban J connectivity index is 0.000000231. The van der Waals surface area contributed by atoms with Crippen molar-refractivity contribution in [2.75, 3.05) is 13.7 Å². The molecule has 0 amide bonds. The number of hydrogen-bond acceptors (Lipinski definition) is 3. The van der Waals surface area contributed by atoms with Crippen molar-refractivity contribution < 1.29 is 22.6 Å². The number of nitrogens with two attached hydrogens (primary N) is 1. The second-order valence-corrected chi connectivity index (χ2v) is 6.42. The van der Waals surface area contributed by atoms with Gasteiger partial charge in [-0.2, -0.15) is 0 Å². The van der Waals surface area contributed by atoms with Crippen LogP contribution in [0.4, 0.5) is 13.2 Å². The van der Waals surface area contributed by atoms with Crippen LogP contribution in [0.15, 0.2) is 42.5 Å². The van der Waals surface area contributed by atoms with E-state index in [0.717, 1.165) is 35.6 Å². The van der Waals surface area contributed by atoms with E-state index in [-0.39, 0.29) is 6.04 Å². The molecule has 0 saturated carbocycles. The zero-order valence-corrected chi connectivity index (χ0v) is 17.1. The summed E-state index contributed by atoms with van der Waals surface area (Å²) >= 11 is 0. The van der Waals surface area contributed by atoms with E-state index < -0.39 is 17.5 Å². The highest BCUT2D eigenvalue weighted by atomic mass is 19.2. The first kappa shape index (κ1) is 22.6. The van der Waals surface area contributed by atoms with Crippen molar-refractivity contribution >= 4 is 10.8 Å². The predicted molar refractivity (Wildman–Crippen MR) is 110 cm³/mol. The first-order valence-corrected chi connectivity index (χ1v) is 9.48. The lowest BCUT2D eigenvalue weighted by atomic mass is 9.95. The van der Waals surface area contributed by atoms with E-state index in [0.29, 0.717) is 12.7 Å². The molecule has 1 atom stereocenters. The lowest BCUT2D eigenvalue weighted by Gasteiger charge is -2.24. The van der Waals surface area contributed by atoms with Crippen molar-refractivity contribution in [1.82, 2.24) is 0 Å². The average molecular weight is 405 g/mol. The fourth-order valence-corrected chi connectivity index (χ4v) is 3.06. The molecule has 0 bridgehead atoms. The highest BCUT2D eigenvalue weighted by molar-refractivity contribution is 5.90. The van der Waals surface area contributed by atoms with Crippen LogP contribution in [0.1, 0.15) is 25.0 Å². The maximum Gasteiger partial charge on any atom is 0.161 e. The number of benzene rings is 3. The van der Waals surface area contributed by atoms with Crippen LogP contribution in [0.3, 0.4) is 0 Å². The van der Waals surface area contributed by atoms with Gasteiger partial charge >= 0.3 is 0 Å². The largest absolute Gasteiger partial charge is 0.496 e. The third-order valence-electron chi connectivity index (χ3n) is 4.40. The van der Waals surface area contributed by atoms with Crippen molar-refractivity contribution in [3.8, 4) is 11.5 Å². The lowest BCUT2D eigenvalue weighted by molar-refractivity contribution is 0.264. The van der Waals surface area contributed by atoms with Gasteiger partial charge in [0.1, 0.15) is 23.9 Å². The van der Waals surface area contributed by atoms with Gasteiger partial charge in [0.05, 0.1) is 7.11 Å². The van der Waals surface area contributed by atoms with Gasteiger partial charge in [-0.15, -0.1) is 0 Å². The van der Waals surface area contributed by atoms with Gasteiger partial charge in [-0.05, 0) is 60.0 Å². The van der Waals surface area contributed by atoms with Crippen LogP contribution < -0.4 is 15.2 Å². The molecule has 1 aliphatic heterocycles. The summed E-state index contributed by atoms with van der Waals surface area (Å²) in [6.45, 7) is 6.65. The topological polar surface area (TPSA) is 44.5 Å². The number of halogens is 3. The van der Waals surface area contributed by atoms with E-state index >= 15 is 0 Å². The Morgan fingerprint density at radius 3 is 2.34 bits per heavy atom. The zero-order chi connectivity index (χ0) is 21.6. The molecule has 0 saturated heterocycles. The Labute approximate surface area is 169 Å². The van der Waals surface area contributed by atoms with E-state index in [4.69, 9.17) is 15.2 Å². The third-order valence-corrected chi connectivity index (χ3v) is 4.40. The van der Waals surface area contributed by atoms with Crippen molar-refractivity contribution in [3.05, 3.63) is 71.0 Å². The highest BCUT2D eigenvalue weighted by Gasteiger charge is 2.19. The Hall–Kier alpha value is -2.73. The first-order chi connectivity index (χ1) is 13.9. The summed E-state index contributed by atoms with van der Waals surface area (Å²) in [7, 11) is 1.70. The molecule has 0 radical (unpaired) electrons. The second kappa shape index (κ2) is 10.2. The predicted octanol–water partition coefficient (Wildman–Crippen LogP) is 5.55. The zero-order valence-electron chi connectivity index (χ0n) is 17.1. The Morgan fingerprint density at radius 1 is 1.00 bits per heavy atom. The molecular formula is C23H26F3NO2. The molecule has 0 aliphatic carbocycles. The highest BCUT2D eigenvalue weighted by Crippen LogP contribution is 2.35. The molecule has 1 aliphatic rings. The number of ether oxygens (including phenoxy) is 2. The summed E-state index contributed by atoms with van der Waals surface area (Å²) in [5.41, 5.74) is 8.33. The minimum atomic E-state index is -1.16. The average Bonchev–Trinajstić information content (AvgIpc) is 2.72. The molecule has 1 unspecified atom stereocenters. The van der Waals surface area contributed by atoms with Gasteiger partial charge in [-0.3, -0.25) is 0 Å². The molecule has 156 valence electrons. The van der Waals surface area contributed by atoms with Crippen molar-refractivity contribution in [2.45, 2.75) is 33.2 Å². The monoisotopic (exact) mass is 405 g/mol. The van der Waals surface area contributed by atoms with Gasteiger partial charge < -0.3 is 15.2 Å². The van der Waals surface area contributed by atoms with E-state index in [2.05, 4.69) is 25.1 Å². The van der Waals surface area contributed by atoms with Crippen molar-refractivity contribution in [3.63, 3.8) is 0 Å². The third kappa shape index (κ3) is 5.41.